The first-order chi connectivity index (χ1) is 6.31. The summed E-state index contributed by atoms with van der Waals surface area (Å²) < 4.78 is 4.97. The number of methoxy groups -OCH3 is 1. The molecular formula is C7H8N4OS. The Morgan fingerprint density at radius 1 is 1.54 bits per heavy atom. The van der Waals surface area contributed by atoms with Crippen LogP contribution in [0.25, 0.3) is 10.6 Å². The van der Waals surface area contributed by atoms with Crippen LogP contribution in [0, 0.1) is 0 Å². The van der Waals surface area contributed by atoms with Crippen LogP contribution in [0.5, 0.6) is 5.19 Å². The van der Waals surface area contributed by atoms with Crippen molar-refractivity contribution in [2.75, 3.05) is 12.8 Å². The number of nitrogen functional groups attached to an aromatic ring is 1. The molecule has 0 bridgehead atoms. The van der Waals surface area contributed by atoms with Gasteiger partial charge in [0.1, 0.15) is 0 Å². The lowest BCUT2D eigenvalue weighted by Gasteiger charge is -1.91. The van der Waals surface area contributed by atoms with Crippen molar-refractivity contribution in [3.63, 3.8) is 0 Å². The number of nitrogens with one attached hydrogen (secondary N) is 1. The van der Waals surface area contributed by atoms with Crippen LogP contribution in [0.2, 0.25) is 0 Å². The zero-order chi connectivity index (χ0) is 9.26. The SMILES string of the molecule is COc1ncc(-c2[nH]ncc2N)s1. The van der Waals surface area contributed by atoms with Crippen molar-refractivity contribution in [3.8, 4) is 15.8 Å². The highest BCUT2D eigenvalue weighted by molar-refractivity contribution is 7.16. The van der Waals surface area contributed by atoms with Gasteiger partial charge in [0, 0.05) is 0 Å². The standard InChI is InChI=1S/C7H8N4OS/c1-12-7-9-3-5(13-7)6-4(8)2-10-11-6/h2-3H,8H2,1H3,(H,10,11). The van der Waals surface area contributed by atoms with Crippen molar-refractivity contribution in [3.05, 3.63) is 12.4 Å². The summed E-state index contributed by atoms with van der Waals surface area (Å²) >= 11 is 1.42. The Kier molecular flexibility index (Phi) is 1.90. The summed E-state index contributed by atoms with van der Waals surface area (Å²) in [5.41, 5.74) is 7.08. The summed E-state index contributed by atoms with van der Waals surface area (Å²) in [5, 5.41) is 7.24. The minimum Gasteiger partial charge on any atom is -0.473 e. The number of thiazole rings is 1. The zero-order valence-electron chi connectivity index (χ0n) is 6.94. The molecule has 0 aliphatic rings. The number of nitrogens with zero attached hydrogens (tertiary/aromatic N) is 2. The van der Waals surface area contributed by atoms with Crippen LogP contribution >= 0.6 is 11.3 Å². The number of nitrogens with two attached hydrogens (primary N) is 1. The van der Waals surface area contributed by atoms with E-state index in [4.69, 9.17) is 10.5 Å². The monoisotopic (exact) mass is 196 g/mol. The van der Waals surface area contributed by atoms with Crippen LogP contribution in [0.3, 0.4) is 0 Å². The molecule has 2 heterocycles. The van der Waals surface area contributed by atoms with Gasteiger partial charge >= 0.3 is 0 Å². The molecule has 0 aliphatic carbocycles. The number of aromatic amines is 1. The Balaban J connectivity index is 2.41. The third-order valence-electron chi connectivity index (χ3n) is 1.57. The summed E-state index contributed by atoms with van der Waals surface area (Å²) in [6.07, 6.45) is 3.27. The summed E-state index contributed by atoms with van der Waals surface area (Å²) in [6.45, 7) is 0. The highest BCUT2D eigenvalue weighted by Crippen LogP contribution is 2.31. The first-order valence-corrected chi connectivity index (χ1v) is 4.42. The topological polar surface area (TPSA) is 76.8 Å². The molecule has 13 heavy (non-hydrogen) atoms. The Morgan fingerprint density at radius 2 is 2.38 bits per heavy atom. The predicted molar refractivity (Wildman–Crippen MR) is 50.7 cm³/mol. The fourth-order valence-electron chi connectivity index (χ4n) is 0.961. The molecule has 6 heteroatoms. The fraction of sp³-hybridized carbons (Fsp3) is 0.143. The van der Waals surface area contributed by atoms with Crippen molar-refractivity contribution < 1.29 is 4.74 Å². The second-order valence-electron chi connectivity index (χ2n) is 2.39. The maximum atomic E-state index is 5.67. The van der Waals surface area contributed by atoms with Crippen molar-refractivity contribution in [1.82, 2.24) is 15.2 Å². The summed E-state index contributed by atoms with van der Waals surface area (Å²) in [6, 6.07) is 0. The smallest absolute Gasteiger partial charge is 0.273 e. The second-order valence-corrected chi connectivity index (χ2v) is 3.39. The lowest BCUT2D eigenvalue weighted by Crippen LogP contribution is -1.83. The molecule has 3 N–H and O–H groups in total. The summed E-state index contributed by atoms with van der Waals surface area (Å²) in [7, 11) is 1.58. The number of anilines is 1. The van der Waals surface area contributed by atoms with Gasteiger partial charge in [0.2, 0.25) is 0 Å². The Labute approximate surface area is 78.6 Å². The highest BCUT2D eigenvalue weighted by Gasteiger charge is 2.08. The zero-order valence-corrected chi connectivity index (χ0v) is 7.76. The molecule has 0 aromatic carbocycles. The van der Waals surface area contributed by atoms with E-state index in [1.54, 1.807) is 19.5 Å². The van der Waals surface area contributed by atoms with E-state index >= 15 is 0 Å². The van der Waals surface area contributed by atoms with Crippen LogP contribution < -0.4 is 10.5 Å². The Hall–Kier alpha value is -1.56. The van der Waals surface area contributed by atoms with Crippen LogP contribution in [-0.2, 0) is 0 Å². The van der Waals surface area contributed by atoms with Gasteiger partial charge in [-0.05, 0) is 0 Å². The molecule has 0 amide bonds. The minimum atomic E-state index is 0.615. The molecule has 0 unspecified atom stereocenters. The van der Waals surface area contributed by atoms with E-state index in [1.807, 2.05) is 0 Å². The third kappa shape index (κ3) is 1.35. The van der Waals surface area contributed by atoms with Crippen LogP contribution in [0.1, 0.15) is 0 Å². The number of H-pyrrole nitrogens is 1. The van der Waals surface area contributed by atoms with E-state index in [1.165, 1.54) is 11.3 Å². The van der Waals surface area contributed by atoms with Crippen LogP contribution in [-0.4, -0.2) is 22.3 Å². The number of hydrogen-bond acceptors (Lipinski definition) is 5. The molecule has 0 saturated heterocycles. The molecule has 2 aromatic heterocycles. The molecule has 0 spiro atoms. The van der Waals surface area contributed by atoms with Gasteiger partial charge in [0.25, 0.3) is 5.19 Å². The van der Waals surface area contributed by atoms with Gasteiger partial charge in [-0.15, -0.1) is 0 Å². The van der Waals surface area contributed by atoms with Gasteiger partial charge in [0.15, 0.2) is 0 Å². The third-order valence-corrected chi connectivity index (χ3v) is 2.55. The maximum Gasteiger partial charge on any atom is 0.273 e. The van der Waals surface area contributed by atoms with Gasteiger partial charge in [0.05, 0.1) is 35.8 Å². The molecule has 0 fully saturated rings. The summed E-state index contributed by atoms with van der Waals surface area (Å²) in [5.74, 6) is 0. The Morgan fingerprint density at radius 3 is 2.92 bits per heavy atom. The van der Waals surface area contributed by atoms with E-state index in [2.05, 4.69) is 15.2 Å². The highest BCUT2D eigenvalue weighted by atomic mass is 32.1. The molecule has 0 radical (unpaired) electrons. The fourth-order valence-corrected chi connectivity index (χ4v) is 1.71. The van der Waals surface area contributed by atoms with Crippen molar-refractivity contribution in [1.29, 1.82) is 0 Å². The maximum absolute atomic E-state index is 5.67. The predicted octanol–water partition coefficient (Wildman–Crippen LogP) is 1.12. The first-order valence-electron chi connectivity index (χ1n) is 3.60. The molecule has 5 nitrogen and oxygen atoms in total. The van der Waals surface area contributed by atoms with Crippen LogP contribution in [0.15, 0.2) is 12.4 Å². The average molecular weight is 196 g/mol. The molecule has 0 atom stereocenters. The quantitative estimate of drug-likeness (QED) is 0.754. The van der Waals surface area contributed by atoms with E-state index in [0.717, 1.165) is 10.6 Å². The molecule has 68 valence electrons. The lowest BCUT2D eigenvalue weighted by atomic mass is 10.3. The first kappa shape index (κ1) is 8.06. The van der Waals surface area contributed by atoms with E-state index in [-0.39, 0.29) is 0 Å². The van der Waals surface area contributed by atoms with Crippen molar-refractivity contribution in [2.45, 2.75) is 0 Å². The van der Waals surface area contributed by atoms with E-state index < -0.39 is 0 Å². The number of hydrogen-bond donors (Lipinski definition) is 2. The number of rotatable bonds is 2. The van der Waals surface area contributed by atoms with Crippen molar-refractivity contribution >= 4 is 17.0 Å². The largest absolute Gasteiger partial charge is 0.473 e. The molecular weight excluding hydrogens is 188 g/mol. The molecule has 2 rings (SSSR count). The summed E-state index contributed by atoms with van der Waals surface area (Å²) in [4.78, 5) is 4.95. The minimum absolute atomic E-state index is 0.615. The van der Waals surface area contributed by atoms with Gasteiger partial charge in [-0.3, -0.25) is 5.10 Å². The van der Waals surface area contributed by atoms with Crippen LogP contribution in [0.4, 0.5) is 5.69 Å². The lowest BCUT2D eigenvalue weighted by molar-refractivity contribution is 0.412. The molecule has 2 aromatic rings. The Bertz CT molecular complexity index is 408. The number of ether oxygens (including phenoxy) is 1. The van der Waals surface area contributed by atoms with Gasteiger partial charge in [-0.1, -0.05) is 11.3 Å². The van der Waals surface area contributed by atoms with Gasteiger partial charge < -0.3 is 10.5 Å². The van der Waals surface area contributed by atoms with Gasteiger partial charge in [-0.25, -0.2) is 4.98 Å². The normalized spacial score (nSPS) is 10.2. The molecule has 0 aliphatic heterocycles. The number of aromatic nitrogens is 3. The van der Waals surface area contributed by atoms with E-state index in [9.17, 15) is 0 Å². The molecule has 0 saturated carbocycles. The second kappa shape index (κ2) is 3.06. The van der Waals surface area contributed by atoms with E-state index in [0.29, 0.717) is 10.9 Å². The van der Waals surface area contributed by atoms with Gasteiger partial charge in [-0.2, -0.15) is 5.10 Å². The van der Waals surface area contributed by atoms with Crippen molar-refractivity contribution in [2.24, 2.45) is 0 Å². The average Bonchev–Trinajstić information content (AvgIpc) is 2.71.